The zero-order valence-corrected chi connectivity index (χ0v) is 14.7. The molecular weight excluding hydrogens is 340 g/mol. The Morgan fingerprint density at radius 2 is 1.60 bits per heavy atom. The molecule has 0 unspecified atom stereocenters. The van der Waals surface area contributed by atoms with E-state index in [2.05, 4.69) is 0 Å². The summed E-state index contributed by atoms with van der Waals surface area (Å²) in [6.45, 7) is 0. The van der Waals surface area contributed by atoms with Gasteiger partial charge in [-0.25, -0.2) is 8.42 Å². The molecule has 130 valence electrons. The average molecular weight is 358 g/mol. The van der Waals surface area contributed by atoms with E-state index in [1.165, 1.54) is 11.1 Å². The molecule has 1 heterocycles. The van der Waals surface area contributed by atoms with Crippen LogP contribution in [0.1, 0.15) is 0 Å². The monoisotopic (exact) mass is 358 g/mol. The minimum atomic E-state index is -3.62. The quantitative estimate of drug-likeness (QED) is 0.786. The molecule has 1 amide bonds. The van der Waals surface area contributed by atoms with Crippen LogP contribution in [0.2, 0.25) is 0 Å². The van der Waals surface area contributed by atoms with Gasteiger partial charge in [-0.05, 0) is 36.4 Å². The molecule has 2 aromatic rings. The van der Waals surface area contributed by atoms with Crippen LogP contribution in [0.15, 0.2) is 65.7 Å². The Labute approximate surface area is 146 Å². The standard InChI is InChI=1S/C18H18N2O4S/c1-19(2)12-17-18(21)20(13-25(17,22)23)14-8-10-16(11-9-14)24-15-6-4-3-5-7-15/h3-12H,13H2,1-2H3/b17-12+. The molecule has 7 heteroatoms. The van der Waals surface area contributed by atoms with Gasteiger partial charge >= 0.3 is 0 Å². The number of carbonyl (C=O) groups excluding carboxylic acids is 1. The smallest absolute Gasteiger partial charge is 0.272 e. The van der Waals surface area contributed by atoms with Crippen LogP contribution in [0.3, 0.4) is 0 Å². The van der Waals surface area contributed by atoms with Crippen LogP contribution >= 0.6 is 0 Å². The first-order valence-electron chi connectivity index (χ1n) is 7.63. The number of carbonyl (C=O) groups is 1. The maximum Gasteiger partial charge on any atom is 0.272 e. The third-order valence-electron chi connectivity index (χ3n) is 3.59. The van der Waals surface area contributed by atoms with Gasteiger partial charge in [0, 0.05) is 26.0 Å². The van der Waals surface area contributed by atoms with Crippen molar-refractivity contribution in [3.8, 4) is 11.5 Å². The SMILES string of the molecule is CN(C)/C=C1\C(=O)N(c2ccc(Oc3ccccc3)cc2)CS1(=O)=O. The van der Waals surface area contributed by atoms with Crippen LogP contribution in [0, 0.1) is 0 Å². The molecule has 0 aliphatic carbocycles. The summed E-state index contributed by atoms with van der Waals surface area (Å²) in [5.74, 6) is 0.426. The number of nitrogens with zero attached hydrogens (tertiary/aromatic N) is 2. The van der Waals surface area contributed by atoms with Gasteiger partial charge in [0.25, 0.3) is 5.91 Å². The predicted octanol–water partition coefficient (Wildman–Crippen LogP) is 2.60. The molecule has 0 N–H and O–H groups in total. The number of amides is 1. The molecule has 0 atom stereocenters. The van der Waals surface area contributed by atoms with Crippen LogP contribution in [0.4, 0.5) is 5.69 Å². The summed E-state index contributed by atoms with van der Waals surface area (Å²) in [6.07, 6.45) is 1.34. The Morgan fingerprint density at radius 1 is 1.00 bits per heavy atom. The molecule has 6 nitrogen and oxygen atoms in total. The van der Waals surface area contributed by atoms with Crippen molar-refractivity contribution >= 4 is 21.4 Å². The zero-order valence-electron chi connectivity index (χ0n) is 13.9. The number of rotatable bonds is 4. The predicted molar refractivity (Wildman–Crippen MR) is 96.0 cm³/mol. The van der Waals surface area contributed by atoms with Crippen LogP contribution < -0.4 is 9.64 Å². The van der Waals surface area contributed by atoms with Gasteiger partial charge in [-0.15, -0.1) is 0 Å². The summed E-state index contributed by atoms with van der Waals surface area (Å²) in [5.41, 5.74) is 0.510. The molecule has 1 fully saturated rings. The Morgan fingerprint density at radius 3 is 2.20 bits per heavy atom. The molecule has 3 rings (SSSR count). The molecule has 0 saturated carbocycles. The van der Waals surface area contributed by atoms with E-state index in [9.17, 15) is 13.2 Å². The van der Waals surface area contributed by atoms with E-state index in [0.717, 1.165) is 0 Å². The fourth-order valence-corrected chi connectivity index (χ4v) is 3.94. The van der Waals surface area contributed by atoms with E-state index in [1.807, 2.05) is 30.3 Å². The van der Waals surface area contributed by atoms with Crippen molar-refractivity contribution in [1.82, 2.24) is 4.90 Å². The van der Waals surface area contributed by atoms with E-state index in [-0.39, 0.29) is 10.8 Å². The first-order valence-corrected chi connectivity index (χ1v) is 9.28. The maximum absolute atomic E-state index is 12.5. The number of benzene rings is 2. The average Bonchev–Trinajstić information content (AvgIpc) is 2.80. The van der Waals surface area contributed by atoms with Crippen molar-refractivity contribution in [3.05, 3.63) is 65.7 Å². The normalized spacial score (nSPS) is 17.8. The second kappa shape index (κ2) is 6.60. The van der Waals surface area contributed by atoms with Crippen molar-refractivity contribution in [1.29, 1.82) is 0 Å². The minimum Gasteiger partial charge on any atom is -0.457 e. The highest BCUT2D eigenvalue weighted by molar-refractivity contribution is 7.97. The molecule has 1 saturated heterocycles. The van der Waals surface area contributed by atoms with Crippen molar-refractivity contribution < 1.29 is 17.9 Å². The lowest BCUT2D eigenvalue weighted by Crippen LogP contribution is -2.25. The number of anilines is 1. The van der Waals surface area contributed by atoms with Crippen molar-refractivity contribution in [2.24, 2.45) is 0 Å². The maximum atomic E-state index is 12.5. The van der Waals surface area contributed by atoms with E-state index < -0.39 is 15.7 Å². The number of hydrogen-bond donors (Lipinski definition) is 0. The Kier molecular flexibility index (Phi) is 4.50. The number of hydrogen-bond acceptors (Lipinski definition) is 5. The fourth-order valence-electron chi connectivity index (χ4n) is 2.44. The third-order valence-corrected chi connectivity index (χ3v) is 5.14. The zero-order chi connectivity index (χ0) is 18.0. The largest absolute Gasteiger partial charge is 0.457 e. The summed E-state index contributed by atoms with van der Waals surface area (Å²) in [6, 6.07) is 16.1. The number of sulfone groups is 1. The number of para-hydroxylation sites is 1. The topological polar surface area (TPSA) is 66.9 Å². The minimum absolute atomic E-state index is 0.192. The second-order valence-corrected chi connectivity index (χ2v) is 7.77. The molecule has 25 heavy (non-hydrogen) atoms. The highest BCUT2D eigenvalue weighted by Crippen LogP contribution is 2.30. The molecular formula is C18H18N2O4S. The van der Waals surface area contributed by atoms with Crippen LogP contribution in [0.5, 0.6) is 11.5 Å². The summed E-state index contributed by atoms with van der Waals surface area (Å²) in [5, 5.41) is 0. The van der Waals surface area contributed by atoms with Gasteiger partial charge in [0.2, 0.25) is 9.84 Å². The molecule has 0 spiro atoms. The number of ether oxygens (including phenoxy) is 1. The molecule has 0 radical (unpaired) electrons. The highest BCUT2D eigenvalue weighted by atomic mass is 32.2. The molecule has 0 bridgehead atoms. The Hall–Kier alpha value is -2.80. The van der Waals surface area contributed by atoms with Gasteiger partial charge in [0.1, 0.15) is 22.3 Å². The summed E-state index contributed by atoms with van der Waals surface area (Å²) in [7, 11) is -0.273. The highest BCUT2D eigenvalue weighted by Gasteiger charge is 2.40. The Balaban J connectivity index is 1.82. The van der Waals surface area contributed by atoms with Crippen molar-refractivity contribution in [2.45, 2.75) is 0 Å². The summed E-state index contributed by atoms with van der Waals surface area (Å²) < 4.78 is 30.1. The molecule has 2 aromatic carbocycles. The Bertz CT molecular complexity index is 904. The molecule has 1 aliphatic rings. The van der Waals surface area contributed by atoms with Crippen LogP contribution in [-0.2, 0) is 14.6 Å². The van der Waals surface area contributed by atoms with Crippen molar-refractivity contribution in [2.75, 3.05) is 24.9 Å². The lowest BCUT2D eigenvalue weighted by molar-refractivity contribution is -0.114. The second-order valence-electron chi connectivity index (χ2n) is 5.84. The van der Waals surface area contributed by atoms with Gasteiger partial charge in [-0.2, -0.15) is 0 Å². The van der Waals surface area contributed by atoms with Gasteiger partial charge in [-0.1, -0.05) is 18.2 Å². The van der Waals surface area contributed by atoms with E-state index >= 15 is 0 Å². The van der Waals surface area contributed by atoms with Crippen LogP contribution in [-0.4, -0.2) is 39.2 Å². The third kappa shape index (κ3) is 3.66. The molecule has 0 aromatic heterocycles. The fraction of sp³-hybridized carbons (Fsp3) is 0.167. The van der Waals surface area contributed by atoms with E-state index in [4.69, 9.17) is 4.74 Å². The van der Waals surface area contributed by atoms with Gasteiger partial charge in [0.15, 0.2) is 0 Å². The van der Waals surface area contributed by atoms with Gasteiger partial charge in [0.05, 0.1) is 0 Å². The van der Waals surface area contributed by atoms with E-state index in [1.54, 1.807) is 43.3 Å². The van der Waals surface area contributed by atoms with Crippen molar-refractivity contribution in [3.63, 3.8) is 0 Å². The molecule has 1 aliphatic heterocycles. The lowest BCUT2D eigenvalue weighted by Gasteiger charge is -2.14. The summed E-state index contributed by atoms with van der Waals surface area (Å²) in [4.78, 5) is 15.1. The lowest BCUT2D eigenvalue weighted by atomic mass is 10.2. The van der Waals surface area contributed by atoms with Gasteiger partial charge < -0.3 is 9.64 Å². The van der Waals surface area contributed by atoms with E-state index in [0.29, 0.717) is 17.2 Å². The van der Waals surface area contributed by atoms with Gasteiger partial charge in [-0.3, -0.25) is 9.69 Å². The summed E-state index contributed by atoms with van der Waals surface area (Å²) >= 11 is 0. The van der Waals surface area contributed by atoms with Crippen LogP contribution in [0.25, 0.3) is 0 Å². The first-order chi connectivity index (χ1) is 11.9. The first kappa shape index (κ1) is 17.0.